The second kappa shape index (κ2) is 5.96. The molecule has 2 aliphatic heterocycles. The monoisotopic (exact) mass is 338 g/mol. The van der Waals surface area contributed by atoms with E-state index < -0.39 is 0 Å². The van der Waals surface area contributed by atoms with E-state index in [-0.39, 0.29) is 17.7 Å². The van der Waals surface area contributed by atoms with Crippen LogP contribution in [0.3, 0.4) is 0 Å². The summed E-state index contributed by atoms with van der Waals surface area (Å²) in [6.07, 6.45) is 5.54. The van der Waals surface area contributed by atoms with Gasteiger partial charge in [0.2, 0.25) is 0 Å². The van der Waals surface area contributed by atoms with E-state index in [1.807, 2.05) is 24.3 Å². The van der Waals surface area contributed by atoms with Crippen molar-refractivity contribution in [3.8, 4) is 0 Å². The molecule has 1 aromatic rings. The van der Waals surface area contributed by atoms with Crippen LogP contribution in [0.4, 0.5) is 0 Å². The van der Waals surface area contributed by atoms with E-state index in [1.165, 1.54) is 0 Å². The summed E-state index contributed by atoms with van der Waals surface area (Å²) in [5, 5.41) is 0. The Morgan fingerprint density at radius 2 is 2.05 bits per heavy atom. The van der Waals surface area contributed by atoms with Gasteiger partial charge >= 0.3 is 0 Å². The summed E-state index contributed by atoms with van der Waals surface area (Å²) in [7, 11) is 0. The largest absolute Gasteiger partial charge is 0.350 e. The number of carbonyl (C=O) groups is 1. The van der Waals surface area contributed by atoms with Crippen LogP contribution >= 0.6 is 15.9 Å². The van der Waals surface area contributed by atoms with Crippen LogP contribution in [0.1, 0.15) is 48.9 Å². The maximum absolute atomic E-state index is 12.2. The number of rotatable bonds is 3. The van der Waals surface area contributed by atoms with Gasteiger partial charge in [-0.2, -0.15) is 0 Å². The van der Waals surface area contributed by atoms with Gasteiger partial charge in [-0.1, -0.05) is 28.1 Å². The lowest BCUT2D eigenvalue weighted by Crippen LogP contribution is -2.36. The molecule has 2 fully saturated rings. The number of ketones is 1. The molecular weight excluding hydrogens is 320 g/mol. The number of hydrogen-bond acceptors (Lipinski definition) is 3. The zero-order valence-electron chi connectivity index (χ0n) is 11.4. The smallest absolute Gasteiger partial charge is 0.168 e. The van der Waals surface area contributed by atoms with Gasteiger partial charge in [-0.05, 0) is 31.4 Å². The van der Waals surface area contributed by atoms with Gasteiger partial charge in [0, 0.05) is 29.3 Å². The molecule has 2 aliphatic rings. The van der Waals surface area contributed by atoms with Crippen molar-refractivity contribution in [1.29, 1.82) is 0 Å². The first-order chi connectivity index (χ1) is 9.67. The highest BCUT2D eigenvalue weighted by atomic mass is 79.9. The molecule has 0 unspecified atom stereocenters. The van der Waals surface area contributed by atoms with Crippen LogP contribution < -0.4 is 0 Å². The summed E-state index contributed by atoms with van der Waals surface area (Å²) in [6.45, 7) is 0.785. The quantitative estimate of drug-likeness (QED) is 0.778. The van der Waals surface area contributed by atoms with E-state index >= 15 is 0 Å². The van der Waals surface area contributed by atoms with E-state index in [0.717, 1.165) is 48.7 Å². The highest BCUT2D eigenvalue weighted by Crippen LogP contribution is 2.39. The number of benzene rings is 1. The molecule has 0 N–H and O–H groups in total. The van der Waals surface area contributed by atoms with Crippen molar-refractivity contribution in [1.82, 2.24) is 0 Å². The van der Waals surface area contributed by atoms with Crippen molar-refractivity contribution in [2.24, 2.45) is 0 Å². The van der Waals surface area contributed by atoms with Crippen molar-refractivity contribution >= 4 is 21.7 Å². The molecule has 2 saturated heterocycles. The fraction of sp³-hybridized carbons (Fsp3) is 0.562. The molecule has 1 spiro atoms. The van der Waals surface area contributed by atoms with Gasteiger partial charge in [0.15, 0.2) is 11.6 Å². The third-order valence-electron chi connectivity index (χ3n) is 4.13. The van der Waals surface area contributed by atoms with Crippen LogP contribution in [0.25, 0.3) is 0 Å². The molecule has 0 amide bonds. The van der Waals surface area contributed by atoms with E-state index in [4.69, 9.17) is 9.47 Å². The third kappa shape index (κ3) is 3.13. The molecule has 0 bridgehead atoms. The second-order valence-corrected chi connectivity index (χ2v) is 6.54. The number of halogens is 1. The first-order valence-corrected chi connectivity index (χ1v) is 8.07. The zero-order valence-corrected chi connectivity index (χ0v) is 13.0. The fourth-order valence-electron chi connectivity index (χ4n) is 3.02. The minimum atomic E-state index is -0.386. The summed E-state index contributed by atoms with van der Waals surface area (Å²) in [5.41, 5.74) is 0.752. The van der Waals surface area contributed by atoms with Crippen LogP contribution in [-0.2, 0) is 9.47 Å². The molecule has 0 aromatic heterocycles. The van der Waals surface area contributed by atoms with Crippen LogP contribution in [0, 0.1) is 0 Å². The minimum Gasteiger partial charge on any atom is -0.350 e. The molecule has 2 heterocycles. The third-order valence-corrected chi connectivity index (χ3v) is 4.65. The predicted octanol–water partition coefficient (Wildman–Crippen LogP) is 4.10. The Morgan fingerprint density at radius 1 is 1.25 bits per heavy atom. The molecule has 108 valence electrons. The van der Waals surface area contributed by atoms with Crippen molar-refractivity contribution < 1.29 is 14.3 Å². The Hall–Kier alpha value is -0.710. The Bertz CT molecular complexity index is 477. The number of Topliss-reactive ketones (excluding diaryl/α,β-unsaturated/α-hetero) is 1. The minimum absolute atomic E-state index is 0.00393. The van der Waals surface area contributed by atoms with Gasteiger partial charge in [-0.25, -0.2) is 0 Å². The molecule has 1 aromatic carbocycles. The lowest BCUT2D eigenvalue weighted by atomic mass is 10.0. The predicted molar refractivity (Wildman–Crippen MR) is 79.7 cm³/mol. The number of carbonyl (C=O) groups excluding carboxylic acids is 1. The molecule has 20 heavy (non-hydrogen) atoms. The molecule has 3 rings (SSSR count). The normalized spacial score (nSPS) is 29.8. The SMILES string of the molecule is O=C(C[C@H]1CC[C@]2(CCCCO2)O1)c1ccc(Br)cc1. The molecule has 4 heteroatoms. The van der Waals surface area contributed by atoms with Crippen LogP contribution in [0.2, 0.25) is 0 Å². The highest BCUT2D eigenvalue weighted by Gasteiger charge is 2.42. The maximum atomic E-state index is 12.2. The average molecular weight is 339 g/mol. The summed E-state index contributed by atoms with van der Waals surface area (Å²) in [6, 6.07) is 7.51. The lowest BCUT2D eigenvalue weighted by molar-refractivity contribution is -0.244. The zero-order chi connectivity index (χ0) is 14.0. The number of ether oxygens (including phenoxy) is 2. The first-order valence-electron chi connectivity index (χ1n) is 7.27. The van der Waals surface area contributed by atoms with Gasteiger partial charge in [0.1, 0.15) is 0 Å². The van der Waals surface area contributed by atoms with E-state index in [1.54, 1.807) is 0 Å². The molecule has 0 aliphatic carbocycles. The molecule has 3 nitrogen and oxygen atoms in total. The second-order valence-electron chi connectivity index (χ2n) is 5.63. The Morgan fingerprint density at radius 3 is 2.75 bits per heavy atom. The maximum Gasteiger partial charge on any atom is 0.168 e. The van der Waals surface area contributed by atoms with Gasteiger partial charge in [-0.15, -0.1) is 0 Å². The first kappa shape index (κ1) is 14.2. The van der Waals surface area contributed by atoms with E-state index in [9.17, 15) is 4.79 Å². The topological polar surface area (TPSA) is 35.5 Å². The van der Waals surface area contributed by atoms with Crippen LogP contribution in [-0.4, -0.2) is 24.3 Å². The van der Waals surface area contributed by atoms with E-state index in [0.29, 0.717) is 6.42 Å². The van der Waals surface area contributed by atoms with Crippen LogP contribution in [0.5, 0.6) is 0 Å². The van der Waals surface area contributed by atoms with Crippen molar-refractivity contribution in [3.05, 3.63) is 34.3 Å². The lowest BCUT2D eigenvalue weighted by Gasteiger charge is -2.33. The van der Waals surface area contributed by atoms with Gasteiger partial charge < -0.3 is 9.47 Å². The molecule has 0 radical (unpaired) electrons. The summed E-state index contributed by atoms with van der Waals surface area (Å²) >= 11 is 3.38. The Balaban J connectivity index is 1.59. The van der Waals surface area contributed by atoms with Crippen molar-refractivity contribution in [2.45, 2.75) is 50.4 Å². The van der Waals surface area contributed by atoms with Crippen molar-refractivity contribution in [2.75, 3.05) is 6.61 Å². The fourth-order valence-corrected chi connectivity index (χ4v) is 3.29. The standard InChI is InChI=1S/C16H19BrO3/c17-13-5-3-12(4-6-13)15(18)11-14-7-9-16(20-14)8-1-2-10-19-16/h3-6,14H,1-2,7-11H2/t14-,16+/m1/s1. The summed E-state index contributed by atoms with van der Waals surface area (Å²) in [5.74, 6) is -0.238. The molecule has 0 saturated carbocycles. The van der Waals surface area contributed by atoms with E-state index in [2.05, 4.69) is 15.9 Å². The average Bonchev–Trinajstić information content (AvgIpc) is 2.83. The Labute approximate surface area is 127 Å². The highest BCUT2D eigenvalue weighted by molar-refractivity contribution is 9.10. The Kier molecular flexibility index (Phi) is 4.24. The van der Waals surface area contributed by atoms with Gasteiger partial charge in [-0.3, -0.25) is 4.79 Å². The summed E-state index contributed by atoms with van der Waals surface area (Å²) in [4.78, 5) is 12.2. The summed E-state index contributed by atoms with van der Waals surface area (Å²) < 4.78 is 12.9. The van der Waals surface area contributed by atoms with Crippen LogP contribution in [0.15, 0.2) is 28.7 Å². The molecular formula is C16H19BrO3. The number of hydrogen-bond donors (Lipinski definition) is 0. The van der Waals surface area contributed by atoms with Gasteiger partial charge in [0.25, 0.3) is 0 Å². The molecule has 2 atom stereocenters. The van der Waals surface area contributed by atoms with Crippen molar-refractivity contribution in [3.63, 3.8) is 0 Å². The van der Waals surface area contributed by atoms with Gasteiger partial charge in [0.05, 0.1) is 12.7 Å².